The van der Waals surface area contributed by atoms with Crippen molar-refractivity contribution >= 4 is 45.8 Å². The van der Waals surface area contributed by atoms with E-state index in [1.165, 1.54) is 0 Å². The maximum atomic E-state index is 12.1. The lowest BCUT2D eigenvalue weighted by Gasteiger charge is -2.19. The lowest BCUT2D eigenvalue weighted by Crippen LogP contribution is -2.24. The molecule has 0 radical (unpaired) electrons. The molecule has 6 heteroatoms. The van der Waals surface area contributed by atoms with Gasteiger partial charge in [0.1, 0.15) is 5.82 Å². The van der Waals surface area contributed by atoms with Crippen molar-refractivity contribution in [1.29, 1.82) is 0 Å². The first-order valence-electron chi connectivity index (χ1n) is 7.37. The van der Waals surface area contributed by atoms with Crippen LogP contribution in [0.1, 0.15) is 12.8 Å². The van der Waals surface area contributed by atoms with Gasteiger partial charge in [-0.2, -0.15) is 0 Å². The van der Waals surface area contributed by atoms with Gasteiger partial charge in [-0.05, 0) is 42.8 Å². The highest BCUT2D eigenvalue weighted by atomic mass is 35.5. The number of nitrogens with one attached hydrogen (secondary N) is 1. The highest BCUT2D eigenvalue weighted by Crippen LogP contribution is 2.35. The summed E-state index contributed by atoms with van der Waals surface area (Å²) < 4.78 is 0. The molecule has 4 rings (SSSR count). The van der Waals surface area contributed by atoms with Gasteiger partial charge in [0.25, 0.3) is 0 Å². The zero-order valence-corrected chi connectivity index (χ0v) is 13.7. The van der Waals surface area contributed by atoms with Crippen LogP contribution in [0, 0.1) is 0 Å². The second kappa shape index (κ2) is 5.55. The second-order valence-electron chi connectivity index (χ2n) is 5.56. The maximum Gasteiger partial charge on any atom is 0.227 e. The number of H-pyrrole nitrogens is 1. The first-order chi connectivity index (χ1) is 11.1. The molecule has 116 valence electrons. The highest BCUT2D eigenvalue weighted by Gasteiger charge is 2.25. The largest absolute Gasteiger partial charge is 0.338 e. The van der Waals surface area contributed by atoms with Gasteiger partial charge in [0.05, 0.1) is 16.7 Å². The Labute approximate surface area is 143 Å². The van der Waals surface area contributed by atoms with Gasteiger partial charge in [0.15, 0.2) is 0 Å². The van der Waals surface area contributed by atoms with E-state index < -0.39 is 0 Å². The van der Waals surface area contributed by atoms with Crippen LogP contribution < -0.4 is 4.90 Å². The molecule has 0 aliphatic carbocycles. The number of hydrogen-bond acceptors (Lipinski definition) is 2. The minimum absolute atomic E-state index is 0.132. The van der Waals surface area contributed by atoms with Crippen LogP contribution in [-0.2, 0) is 4.79 Å². The molecule has 0 atom stereocenters. The smallest absolute Gasteiger partial charge is 0.227 e. The average Bonchev–Trinajstić information content (AvgIpc) is 3.13. The summed E-state index contributed by atoms with van der Waals surface area (Å²) >= 11 is 12.2. The van der Waals surface area contributed by atoms with E-state index in [9.17, 15) is 4.79 Å². The fourth-order valence-electron chi connectivity index (χ4n) is 2.95. The van der Waals surface area contributed by atoms with Gasteiger partial charge < -0.3 is 9.88 Å². The molecule has 3 aromatic rings. The minimum Gasteiger partial charge on any atom is -0.338 e. The fraction of sp³-hybridized carbons (Fsp3) is 0.176. The standard InChI is InChI=1S/C17H13Cl2N3O/c18-10-4-6-15(22-7-1-2-16(22)23)12(8-10)17-20-13-5-3-11(19)9-14(13)21-17/h3-6,8-9H,1-2,7H2,(H,20,21). The summed E-state index contributed by atoms with van der Waals surface area (Å²) in [6.07, 6.45) is 1.45. The Morgan fingerprint density at radius 1 is 1.09 bits per heavy atom. The molecule has 0 bridgehead atoms. The van der Waals surface area contributed by atoms with E-state index in [4.69, 9.17) is 23.2 Å². The average molecular weight is 346 g/mol. The Morgan fingerprint density at radius 2 is 1.87 bits per heavy atom. The number of amides is 1. The summed E-state index contributed by atoms with van der Waals surface area (Å²) in [4.78, 5) is 21.8. The molecule has 0 saturated carbocycles. The van der Waals surface area contributed by atoms with E-state index in [2.05, 4.69) is 9.97 Å². The van der Waals surface area contributed by atoms with Crippen LogP contribution in [0.25, 0.3) is 22.4 Å². The van der Waals surface area contributed by atoms with Crippen LogP contribution in [0.5, 0.6) is 0 Å². The number of aromatic amines is 1. The van der Waals surface area contributed by atoms with Crippen molar-refractivity contribution in [2.75, 3.05) is 11.4 Å². The number of anilines is 1. The number of fused-ring (bicyclic) bond motifs is 1. The Hall–Kier alpha value is -2.04. The molecule has 2 heterocycles. The highest BCUT2D eigenvalue weighted by molar-refractivity contribution is 6.31. The molecule has 1 aliphatic rings. The zero-order chi connectivity index (χ0) is 16.0. The molecule has 4 nitrogen and oxygen atoms in total. The summed E-state index contributed by atoms with van der Waals surface area (Å²) in [6, 6.07) is 11.0. The van der Waals surface area contributed by atoms with Crippen LogP contribution in [0.3, 0.4) is 0 Å². The monoisotopic (exact) mass is 345 g/mol. The van der Waals surface area contributed by atoms with E-state index in [0.717, 1.165) is 35.2 Å². The van der Waals surface area contributed by atoms with Gasteiger partial charge in [-0.1, -0.05) is 23.2 Å². The summed E-state index contributed by atoms with van der Waals surface area (Å²) in [7, 11) is 0. The van der Waals surface area contributed by atoms with Gasteiger partial charge in [-0.25, -0.2) is 4.98 Å². The van der Waals surface area contributed by atoms with Crippen molar-refractivity contribution < 1.29 is 4.79 Å². The molecule has 1 N–H and O–H groups in total. The molecule has 0 spiro atoms. The molecule has 1 saturated heterocycles. The molecular weight excluding hydrogens is 333 g/mol. The van der Waals surface area contributed by atoms with Gasteiger partial charge in [-0.15, -0.1) is 0 Å². The lowest BCUT2D eigenvalue weighted by molar-refractivity contribution is -0.117. The van der Waals surface area contributed by atoms with Crippen LogP contribution >= 0.6 is 23.2 Å². The number of benzene rings is 2. The Kier molecular flexibility index (Phi) is 3.51. The quantitative estimate of drug-likeness (QED) is 0.733. The van der Waals surface area contributed by atoms with E-state index >= 15 is 0 Å². The second-order valence-corrected chi connectivity index (χ2v) is 6.43. The first kappa shape index (κ1) is 14.5. The van der Waals surface area contributed by atoms with E-state index in [-0.39, 0.29) is 5.91 Å². The van der Waals surface area contributed by atoms with Crippen LogP contribution in [0.2, 0.25) is 10.0 Å². The number of carbonyl (C=O) groups excluding carboxylic acids is 1. The van der Waals surface area contributed by atoms with E-state index in [1.807, 2.05) is 24.3 Å². The van der Waals surface area contributed by atoms with Gasteiger partial charge in [0, 0.05) is 28.6 Å². The summed E-state index contributed by atoms with van der Waals surface area (Å²) in [5, 5.41) is 1.25. The topological polar surface area (TPSA) is 49.0 Å². The third-order valence-electron chi connectivity index (χ3n) is 4.02. The Morgan fingerprint density at radius 3 is 2.65 bits per heavy atom. The van der Waals surface area contributed by atoms with Crippen molar-refractivity contribution in [3.05, 3.63) is 46.4 Å². The summed E-state index contributed by atoms with van der Waals surface area (Å²) in [5.74, 6) is 0.812. The SMILES string of the molecule is O=C1CCCN1c1ccc(Cl)cc1-c1nc2ccc(Cl)cc2[nH]1. The summed E-state index contributed by atoms with van der Waals surface area (Å²) in [6.45, 7) is 0.722. The van der Waals surface area contributed by atoms with E-state index in [1.54, 1.807) is 17.0 Å². The third kappa shape index (κ3) is 2.58. The molecular formula is C17H13Cl2N3O. The summed E-state index contributed by atoms with van der Waals surface area (Å²) in [5.41, 5.74) is 3.33. The molecule has 1 aromatic heterocycles. The van der Waals surface area contributed by atoms with Gasteiger partial charge >= 0.3 is 0 Å². The maximum absolute atomic E-state index is 12.1. The number of nitrogens with zero attached hydrogens (tertiary/aromatic N) is 2. The van der Waals surface area contributed by atoms with Gasteiger partial charge in [-0.3, -0.25) is 4.79 Å². The van der Waals surface area contributed by atoms with Crippen molar-refractivity contribution in [3.63, 3.8) is 0 Å². The predicted octanol–water partition coefficient (Wildman–Crippen LogP) is 4.66. The van der Waals surface area contributed by atoms with Crippen LogP contribution in [0.4, 0.5) is 5.69 Å². The van der Waals surface area contributed by atoms with Crippen molar-refractivity contribution in [2.45, 2.75) is 12.8 Å². The number of rotatable bonds is 2. The molecule has 1 aliphatic heterocycles. The normalized spacial score (nSPS) is 14.9. The number of halogens is 2. The van der Waals surface area contributed by atoms with Gasteiger partial charge in [0.2, 0.25) is 5.91 Å². The Bertz CT molecular complexity index is 919. The number of carbonyl (C=O) groups is 1. The zero-order valence-electron chi connectivity index (χ0n) is 12.1. The third-order valence-corrected chi connectivity index (χ3v) is 4.49. The molecule has 2 aromatic carbocycles. The predicted molar refractivity (Wildman–Crippen MR) is 93.1 cm³/mol. The Balaban J connectivity index is 1.89. The fourth-order valence-corrected chi connectivity index (χ4v) is 3.29. The molecule has 23 heavy (non-hydrogen) atoms. The molecule has 1 amide bonds. The number of aromatic nitrogens is 2. The van der Waals surface area contributed by atoms with Crippen molar-refractivity contribution in [1.82, 2.24) is 9.97 Å². The number of hydrogen-bond donors (Lipinski definition) is 1. The lowest BCUT2D eigenvalue weighted by atomic mass is 10.1. The molecule has 0 unspecified atom stereocenters. The van der Waals surface area contributed by atoms with Crippen molar-refractivity contribution in [3.8, 4) is 11.4 Å². The first-order valence-corrected chi connectivity index (χ1v) is 8.13. The van der Waals surface area contributed by atoms with Crippen LogP contribution in [0.15, 0.2) is 36.4 Å². The van der Waals surface area contributed by atoms with Crippen LogP contribution in [-0.4, -0.2) is 22.4 Å². The molecule has 1 fully saturated rings. The number of imidazole rings is 1. The van der Waals surface area contributed by atoms with E-state index in [0.29, 0.717) is 22.3 Å². The minimum atomic E-state index is 0.132. The van der Waals surface area contributed by atoms with Crippen molar-refractivity contribution in [2.24, 2.45) is 0 Å².